The van der Waals surface area contributed by atoms with E-state index in [1.807, 2.05) is 0 Å². The second-order valence-electron chi connectivity index (χ2n) is 11.6. The highest BCUT2D eigenvalue weighted by atomic mass is 16.7. The lowest BCUT2D eigenvalue weighted by atomic mass is 9.33. The number of hydrogen-bond acceptors (Lipinski definition) is 2. The first kappa shape index (κ1) is 14.9. The summed E-state index contributed by atoms with van der Waals surface area (Å²) in [6.45, 7) is 5.67. The van der Waals surface area contributed by atoms with Crippen molar-refractivity contribution >= 4 is 0 Å². The maximum Gasteiger partial charge on any atom is 0.179 e. The molecule has 26 heavy (non-hydrogen) atoms. The molecule has 8 unspecified atom stereocenters. The highest BCUT2D eigenvalue weighted by Crippen LogP contribution is 3.06. The van der Waals surface area contributed by atoms with Crippen LogP contribution in [0, 0.1) is 51.8 Å². The van der Waals surface area contributed by atoms with Crippen molar-refractivity contribution < 1.29 is 9.47 Å². The van der Waals surface area contributed by atoms with E-state index >= 15 is 0 Å². The molecule has 9 aliphatic rings. The fourth-order valence-corrected chi connectivity index (χ4v) is 13.0. The van der Waals surface area contributed by atoms with Crippen LogP contribution in [0.1, 0.15) is 78.1 Å². The zero-order valence-electron chi connectivity index (χ0n) is 16.6. The summed E-state index contributed by atoms with van der Waals surface area (Å²) in [5, 5.41) is 0. The Kier molecular flexibility index (Phi) is 2.19. The second kappa shape index (κ2) is 3.84. The lowest BCUT2D eigenvalue weighted by molar-refractivity contribution is -0.301. The molecular weight excluding hydrogens is 320 g/mol. The molecule has 9 rings (SSSR count). The summed E-state index contributed by atoms with van der Waals surface area (Å²) >= 11 is 0. The summed E-state index contributed by atoms with van der Waals surface area (Å²) in [7, 11) is 0. The molecule has 4 bridgehead atoms. The molecule has 10 atom stereocenters. The smallest absolute Gasteiger partial charge is 0.179 e. The lowest BCUT2D eigenvalue weighted by Gasteiger charge is -2.69. The summed E-state index contributed by atoms with van der Waals surface area (Å²) in [4.78, 5) is 0. The molecule has 2 aliphatic heterocycles. The van der Waals surface area contributed by atoms with E-state index in [9.17, 15) is 0 Å². The molecule has 3 spiro atoms. The van der Waals surface area contributed by atoms with Gasteiger partial charge in [-0.2, -0.15) is 0 Å². The van der Waals surface area contributed by atoms with Gasteiger partial charge >= 0.3 is 0 Å². The number of rotatable bonds is 4. The van der Waals surface area contributed by atoms with Crippen LogP contribution in [0.5, 0.6) is 0 Å². The monoisotopic (exact) mass is 354 g/mol. The molecule has 2 nitrogen and oxygen atoms in total. The summed E-state index contributed by atoms with van der Waals surface area (Å²) in [5.74, 6) is 5.49. The average molecular weight is 355 g/mol. The van der Waals surface area contributed by atoms with Gasteiger partial charge in [0.15, 0.2) is 5.79 Å². The summed E-state index contributed by atoms with van der Waals surface area (Å²) < 4.78 is 14.4. The first-order valence-electron chi connectivity index (χ1n) is 12.1. The first-order chi connectivity index (χ1) is 12.7. The van der Waals surface area contributed by atoms with Crippen LogP contribution in [0.25, 0.3) is 0 Å². The third-order valence-corrected chi connectivity index (χ3v) is 12.2. The van der Waals surface area contributed by atoms with Crippen molar-refractivity contribution in [3.63, 3.8) is 0 Å². The Hall–Kier alpha value is -0.0800. The molecule has 0 aromatic heterocycles. The van der Waals surface area contributed by atoms with Crippen LogP contribution in [0.4, 0.5) is 0 Å². The molecule has 2 saturated heterocycles. The Balaban J connectivity index is 1.44. The summed E-state index contributed by atoms with van der Waals surface area (Å²) in [6.07, 6.45) is 14.3. The molecule has 9 fully saturated rings. The van der Waals surface area contributed by atoms with E-state index in [0.717, 1.165) is 54.0 Å². The molecule has 0 aromatic rings. The van der Waals surface area contributed by atoms with Crippen LogP contribution in [0.3, 0.4) is 0 Å². The lowest BCUT2D eigenvalue weighted by Crippen LogP contribution is -2.71. The van der Waals surface area contributed by atoms with Crippen molar-refractivity contribution in [2.75, 3.05) is 6.61 Å². The molecule has 0 amide bonds. The zero-order chi connectivity index (χ0) is 17.2. The van der Waals surface area contributed by atoms with Gasteiger partial charge in [-0.05, 0) is 67.6 Å². The molecule has 0 aromatic carbocycles. The van der Waals surface area contributed by atoms with Crippen LogP contribution in [-0.2, 0) is 9.47 Å². The first-order valence-corrected chi connectivity index (χ1v) is 12.1. The molecule has 7 saturated carbocycles. The quantitative estimate of drug-likeness (QED) is 0.694. The van der Waals surface area contributed by atoms with Gasteiger partial charge in [-0.25, -0.2) is 0 Å². The van der Waals surface area contributed by atoms with Crippen molar-refractivity contribution in [3.05, 3.63) is 0 Å². The SMILES string of the molecule is CCCO[C@@]12O[C@@]3(CC)C4C5C6C(C(C41)C51CCCC1)C21CCCCC613. The Morgan fingerprint density at radius 1 is 0.769 bits per heavy atom. The normalized spacial score (nSPS) is 68.5. The molecule has 2 heterocycles. The van der Waals surface area contributed by atoms with Gasteiger partial charge in [0.05, 0.1) is 5.60 Å². The van der Waals surface area contributed by atoms with Gasteiger partial charge in [0, 0.05) is 29.3 Å². The Bertz CT molecular complexity index is 726. The van der Waals surface area contributed by atoms with E-state index in [1.54, 1.807) is 12.8 Å². The Morgan fingerprint density at radius 3 is 2.15 bits per heavy atom. The molecule has 0 radical (unpaired) electrons. The third kappa shape index (κ3) is 0.889. The van der Waals surface area contributed by atoms with Crippen molar-refractivity contribution in [1.82, 2.24) is 0 Å². The van der Waals surface area contributed by atoms with E-state index in [-0.39, 0.29) is 11.4 Å². The molecular formula is C24H34O2. The van der Waals surface area contributed by atoms with Crippen LogP contribution >= 0.6 is 0 Å². The van der Waals surface area contributed by atoms with E-state index in [4.69, 9.17) is 9.47 Å². The van der Waals surface area contributed by atoms with Gasteiger partial charge in [-0.1, -0.05) is 39.5 Å². The summed E-state index contributed by atoms with van der Waals surface area (Å²) in [5.41, 5.74) is 1.89. The van der Waals surface area contributed by atoms with Gasteiger partial charge in [0.25, 0.3) is 0 Å². The van der Waals surface area contributed by atoms with Crippen LogP contribution in [0.2, 0.25) is 0 Å². The minimum Gasteiger partial charge on any atom is -0.349 e. The van der Waals surface area contributed by atoms with Crippen molar-refractivity contribution in [2.24, 2.45) is 51.8 Å². The Labute approximate surface area is 157 Å². The molecule has 0 N–H and O–H groups in total. The van der Waals surface area contributed by atoms with Crippen molar-refractivity contribution in [3.8, 4) is 0 Å². The maximum atomic E-state index is 7.40. The van der Waals surface area contributed by atoms with Gasteiger partial charge in [0.1, 0.15) is 0 Å². The third-order valence-electron chi connectivity index (χ3n) is 12.2. The molecule has 142 valence electrons. The van der Waals surface area contributed by atoms with Gasteiger partial charge in [-0.15, -0.1) is 0 Å². The number of ether oxygens (including phenoxy) is 2. The fraction of sp³-hybridized carbons (Fsp3) is 1.00. The fourth-order valence-electron chi connectivity index (χ4n) is 13.0. The van der Waals surface area contributed by atoms with Crippen LogP contribution in [-0.4, -0.2) is 18.0 Å². The topological polar surface area (TPSA) is 18.5 Å². The van der Waals surface area contributed by atoms with E-state index in [0.29, 0.717) is 10.8 Å². The van der Waals surface area contributed by atoms with Gasteiger partial charge < -0.3 is 9.47 Å². The minimum atomic E-state index is -0.156. The minimum absolute atomic E-state index is 0.156. The van der Waals surface area contributed by atoms with Crippen LogP contribution < -0.4 is 0 Å². The highest BCUT2D eigenvalue weighted by Gasteiger charge is 3.09. The predicted molar refractivity (Wildman–Crippen MR) is 98.3 cm³/mol. The second-order valence-corrected chi connectivity index (χ2v) is 11.6. The van der Waals surface area contributed by atoms with Crippen molar-refractivity contribution in [1.29, 1.82) is 0 Å². The van der Waals surface area contributed by atoms with E-state index in [1.165, 1.54) is 44.9 Å². The average Bonchev–Trinajstić information content (AvgIpc) is 3.41. The zero-order valence-corrected chi connectivity index (χ0v) is 16.6. The van der Waals surface area contributed by atoms with Crippen molar-refractivity contribution in [2.45, 2.75) is 89.4 Å². The largest absolute Gasteiger partial charge is 0.349 e. The predicted octanol–water partition coefficient (Wildman–Crippen LogP) is 5.16. The van der Waals surface area contributed by atoms with Crippen LogP contribution in [0.15, 0.2) is 0 Å². The maximum absolute atomic E-state index is 7.40. The Morgan fingerprint density at radius 2 is 1.42 bits per heavy atom. The van der Waals surface area contributed by atoms with E-state index in [2.05, 4.69) is 13.8 Å². The van der Waals surface area contributed by atoms with Gasteiger partial charge in [0.2, 0.25) is 0 Å². The molecule has 7 aliphatic carbocycles. The molecule has 2 heteroatoms. The highest BCUT2D eigenvalue weighted by molar-refractivity contribution is 5.53. The van der Waals surface area contributed by atoms with E-state index < -0.39 is 0 Å². The standard InChI is InChI=1S/C24H34O2/c1-3-13-25-24-19-15-17-16-14(20(15)9-5-6-10-20)18(19)23(4-2,26-24)21(16)11-7-8-12-22(17,21)24/h14-19H,3-13H2,1-2H3/t14?,15?,16?,17?,18?,19?,21?,22?,23-,24+/m0/s1. The summed E-state index contributed by atoms with van der Waals surface area (Å²) in [6, 6.07) is 0. The van der Waals surface area contributed by atoms with Gasteiger partial charge in [-0.3, -0.25) is 0 Å². The number of hydrogen-bond donors (Lipinski definition) is 0.